The van der Waals surface area contributed by atoms with Crippen LogP contribution < -0.4 is 0 Å². The summed E-state index contributed by atoms with van der Waals surface area (Å²) in [4.78, 5) is 39.4. The lowest BCUT2D eigenvalue weighted by Crippen LogP contribution is -2.38. The van der Waals surface area contributed by atoms with Gasteiger partial charge in [0.25, 0.3) is 5.91 Å². The summed E-state index contributed by atoms with van der Waals surface area (Å²) in [6.45, 7) is 7.83. The van der Waals surface area contributed by atoms with E-state index in [-0.39, 0.29) is 47.8 Å². The molecule has 0 atom stereocenters. The molecule has 1 aliphatic carbocycles. The van der Waals surface area contributed by atoms with Crippen LogP contribution in [0.1, 0.15) is 91.4 Å². The topological polar surface area (TPSA) is 92.5 Å². The summed E-state index contributed by atoms with van der Waals surface area (Å²) in [5, 5.41) is 13.5. The molecule has 1 aliphatic rings. The number of alkyl halides is 3. The molecule has 41 heavy (non-hydrogen) atoms. The second kappa shape index (κ2) is 12.1. The molecule has 2 aromatic rings. The summed E-state index contributed by atoms with van der Waals surface area (Å²) in [6.07, 6.45) is -3.50. The fourth-order valence-corrected chi connectivity index (χ4v) is 5.57. The maximum Gasteiger partial charge on any atom is 0.433 e. The zero-order chi connectivity index (χ0) is 30.9. The van der Waals surface area contributed by atoms with Gasteiger partial charge in [-0.25, -0.2) is 0 Å². The molecule has 1 saturated carbocycles. The van der Waals surface area contributed by atoms with E-state index in [1.165, 1.54) is 12.1 Å². The van der Waals surface area contributed by atoms with Gasteiger partial charge in [0.1, 0.15) is 0 Å². The number of halogens is 5. The van der Waals surface area contributed by atoms with Gasteiger partial charge in [0.15, 0.2) is 11.5 Å². The van der Waals surface area contributed by atoms with Gasteiger partial charge in [-0.15, -0.1) is 0 Å². The summed E-state index contributed by atoms with van der Waals surface area (Å²) >= 11 is 12.5. The van der Waals surface area contributed by atoms with Crippen molar-refractivity contribution in [1.29, 1.82) is 0 Å². The first-order valence-corrected chi connectivity index (χ1v) is 13.8. The van der Waals surface area contributed by atoms with Crippen molar-refractivity contribution in [3.8, 4) is 11.8 Å². The van der Waals surface area contributed by atoms with E-state index in [2.05, 4.69) is 16.9 Å². The third-order valence-electron chi connectivity index (χ3n) is 7.04. The number of carbonyl (C=O) groups is 3. The quantitative estimate of drug-likeness (QED) is 0.266. The van der Waals surface area contributed by atoms with Gasteiger partial charge in [0.05, 0.1) is 51.9 Å². The molecule has 1 N–H and O–H groups in total. The Kier molecular flexibility index (Phi) is 9.56. The molecule has 0 radical (unpaired) electrons. The van der Waals surface area contributed by atoms with Crippen molar-refractivity contribution >= 4 is 40.9 Å². The van der Waals surface area contributed by atoms with Crippen molar-refractivity contribution in [3.63, 3.8) is 0 Å². The minimum absolute atomic E-state index is 0.0454. The van der Waals surface area contributed by atoms with Gasteiger partial charge < -0.3 is 10.0 Å². The zero-order valence-corrected chi connectivity index (χ0v) is 25.0. The summed E-state index contributed by atoms with van der Waals surface area (Å²) in [5.41, 5.74) is -2.82. The van der Waals surface area contributed by atoms with Crippen LogP contribution >= 0.6 is 23.2 Å². The van der Waals surface area contributed by atoms with Crippen molar-refractivity contribution in [2.75, 3.05) is 13.1 Å². The lowest BCUT2D eigenvalue weighted by molar-refractivity contribution is -0.152. The number of nitrogens with zero attached hydrogens (tertiary/aromatic N) is 3. The van der Waals surface area contributed by atoms with Crippen molar-refractivity contribution < 1.29 is 32.7 Å². The Balaban J connectivity index is 2.01. The molecule has 0 saturated heterocycles. The number of amides is 1. The van der Waals surface area contributed by atoms with E-state index in [0.29, 0.717) is 5.56 Å². The van der Waals surface area contributed by atoms with Crippen LogP contribution in [-0.4, -0.2) is 50.5 Å². The number of rotatable bonds is 7. The fraction of sp³-hybridized carbons (Fsp3) is 0.517. The maximum atomic E-state index is 14.4. The lowest BCUT2D eigenvalue weighted by Gasteiger charge is -2.34. The number of aliphatic carboxylic acids is 1. The van der Waals surface area contributed by atoms with E-state index in [9.17, 15) is 32.7 Å². The van der Waals surface area contributed by atoms with Crippen LogP contribution in [0.4, 0.5) is 13.2 Å². The third kappa shape index (κ3) is 7.63. The molecule has 1 aromatic heterocycles. The van der Waals surface area contributed by atoms with Gasteiger partial charge in [-0.3, -0.25) is 19.1 Å². The fourth-order valence-electron chi connectivity index (χ4n) is 4.76. The molecule has 3 rings (SSSR count). The number of carbonyl (C=O) groups excluding carboxylic acids is 2. The molecule has 0 bridgehead atoms. The van der Waals surface area contributed by atoms with Crippen LogP contribution in [-0.2, 0) is 11.0 Å². The van der Waals surface area contributed by atoms with Gasteiger partial charge in [0, 0.05) is 5.41 Å². The molecule has 1 fully saturated rings. The Morgan fingerprint density at radius 3 is 2.20 bits per heavy atom. The molecule has 7 nitrogen and oxygen atoms in total. The van der Waals surface area contributed by atoms with Gasteiger partial charge in [-0.05, 0) is 78.0 Å². The van der Waals surface area contributed by atoms with Crippen molar-refractivity contribution in [3.05, 3.63) is 50.8 Å². The van der Waals surface area contributed by atoms with Crippen LogP contribution in [0.3, 0.4) is 0 Å². The first-order valence-electron chi connectivity index (χ1n) is 13.0. The minimum atomic E-state index is -4.95. The Labute approximate surface area is 247 Å². The first kappa shape index (κ1) is 32.5. The van der Waals surface area contributed by atoms with E-state index in [0.717, 1.165) is 15.8 Å². The largest absolute Gasteiger partial charge is 0.481 e. The predicted octanol–water partition coefficient (Wildman–Crippen LogP) is 7.10. The first-order chi connectivity index (χ1) is 18.8. The Bertz CT molecular complexity index is 1390. The standard InChI is InChI=1S/C29H32Cl2F3N3O4/c1-17-13-20(30)23(21(31)14-17)22(38)16-36(12-6-9-27(2,3)4)25(39)19-15-35-37(24(19)29(32,33)34)18-7-10-28(5,11-8-18)26(40)41/h13-15,18H,7-8,10-12,16H2,1-5H3,(H,40,41)/t18-,28-. The second-order valence-corrected chi connectivity index (χ2v) is 12.5. The van der Waals surface area contributed by atoms with Crippen LogP contribution in [0.5, 0.6) is 0 Å². The van der Waals surface area contributed by atoms with Gasteiger partial charge in [0.2, 0.25) is 0 Å². The normalized spacial score (nSPS) is 19.3. The highest BCUT2D eigenvalue weighted by Crippen LogP contribution is 2.43. The number of hydrogen-bond donors (Lipinski definition) is 1. The SMILES string of the molecule is Cc1cc(Cl)c(C(=O)CN(CC#CC(C)(C)C)C(=O)c2cnn([C@H]3CC[C@](C)(C(=O)O)CC3)c2C(F)(F)F)c(Cl)c1. The number of hydrogen-bond acceptors (Lipinski definition) is 4. The number of carboxylic acids is 1. The third-order valence-corrected chi connectivity index (χ3v) is 7.63. The van der Waals surface area contributed by atoms with Crippen molar-refractivity contribution in [2.24, 2.45) is 10.8 Å². The van der Waals surface area contributed by atoms with Gasteiger partial charge in [-0.2, -0.15) is 18.3 Å². The van der Waals surface area contributed by atoms with Gasteiger partial charge in [-0.1, -0.05) is 35.0 Å². The molecule has 1 aromatic carbocycles. The highest BCUT2D eigenvalue weighted by Gasteiger charge is 2.45. The molecule has 0 spiro atoms. The molecule has 0 aliphatic heterocycles. The van der Waals surface area contributed by atoms with Crippen LogP contribution in [0.2, 0.25) is 10.0 Å². The van der Waals surface area contributed by atoms with Crippen LogP contribution in [0.15, 0.2) is 18.3 Å². The molecule has 222 valence electrons. The van der Waals surface area contributed by atoms with E-state index in [4.69, 9.17) is 23.2 Å². The molecule has 1 heterocycles. The predicted molar refractivity (Wildman–Crippen MR) is 149 cm³/mol. The molecule has 12 heteroatoms. The number of aryl methyl sites for hydroxylation is 1. The number of Topliss-reactive ketones (excluding diaryl/α,β-unsaturated/α-hetero) is 1. The highest BCUT2D eigenvalue weighted by atomic mass is 35.5. The minimum Gasteiger partial charge on any atom is -0.481 e. The van der Waals surface area contributed by atoms with Crippen LogP contribution in [0.25, 0.3) is 0 Å². The number of carboxylic acid groups (broad SMARTS) is 1. The lowest BCUT2D eigenvalue weighted by atomic mass is 9.74. The highest BCUT2D eigenvalue weighted by molar-refractivity contribution is 6.40. The molecular weight excluding hydrogens is 582 g/mol. The second-order valence-electron chi connectivity index (χ2n) is 11.7. The smallest absolute Gasteiger partial charge is 0.433 e. The molecule has 0 unspecified atom stereocenters. The Hall–Kier alpha value is -3.03. The number of benzene rings is 1. The Morgan fingerprint density at radius 2 is 1.71 bits per heavy atom. The van der Waals surface area contributed by atoms with Gasteiger partial charge >= 0.3 is 12.1 Å². The maximum absolute atomic E-state index is 14.4. The average molecular weight is 614 g/mol. The summed E-state index contributed by atoms with van der Waals surface area (Å²) in [7, 11) is 0. The van der Waals surface area contributed by atoms with E-state index < -0.39 is 58.5 Å². The zero-order valence-electron chi connectivity index (χ0n) is 23.5. The summed E-state index contributed by atoms with van der Waals surface area (Å²) < 4.78 is 44.0. The summed E-state index contributed by atoms with van der Waals surface area (Å²) in [6, 6.07) is 2.30. The monoisotopic (exact) mass is 613 g/mol. The van der Waals surface area contributed by atoms with Crippen LogP contribution in [0, 0.1) is 29.6 Å². The van der Waals surface area contributed by atoms with E-state index in [1.54, 1.807) is 13.8 Å². The molecule has 1 amide bonds. The number of aromatic nitrogens is 2. The van der Waals surface area contributed by atoms with E-state index >= 15 is 0 Å². The average Bonchev–Trinajstić information content (AvgIpc) is 3.28. The van der Waals surface area contributed by atoms with Crippen molar-refractivity contribution in [2.45, 2.75) is 72.5 Å². The number of ketones is 1. The Morgan fingerprint density at radius 1 is 1.15 bits per heavy atom. The van der Waals surface area contributed by atoms with Crippen molar-refractivity contribution in [1.82, 2.24) is 14.7 Å². The van der Waals surface area contributed by atoms with E-state index in [1.807, 2.05) is 20.8 Å². The summed E-state index contributed by atoms with van der Waals surface area (Å²) in [5.74, 6) is 2.97. The molecular formula is C29H32Cl2F3N3O4.